The van der Waals surface area contributed by atoms with Gasteiger partial charge < -0.3 is 10.4 Å². The Balaban J connectivity index is 2.27. The minimum absolute atomic E-state index is 0.169. The number of nitrogens with one attached hydrogen (secondary N) is 1. The number of hydrogen-bond donors (Lipinski definition) is 2. The summed E-state index contributed by atoms with van der Waals surface area (Å²) in [7, 11) is 0. The van der Waals surface area contributed by atoms with Gasteiger partial charge in [-0.05, 0) is 32.1 Å². The van der Waals surface area contributed by atoms with Crippen LogP contribution in [0.5, 0.6) is 0 Å². The maximum atomic E-state index is 11.3. The summed E-state index contributed by atoms with van der Waals surface area (Å²) in [5.41, 5.74) is 0. The summed E-state index contributed by atoms with van der Waals surface area (Å²) >= 11 is 0. The first-order chi connectivity index (χ1) is 5.79. The summed E-state index contributed by atoms with van der Waals surface area (Å²) in [5, 5.41) is 11.5. The molecule has 1 saturated carbocycles. The van der Waals surface area contributed by atoms with Gasteiger partial charge in [-0.15, -0.1) is 0 Å². The highest BCUT2D eigenvalue weighted by Gasteiger charge is 2.35. The maximum Gasteiger partial charge on any atom is 0.223 e. The first-order valence-corrected chi connectivity index (χ1v) is 4.68. The molecule has 0 aromatic heterocycles. The van der Waals surface area contributed by atoms with Gasteiger partial charge in [0.25, 0.3) is 0 Å². The van der Waals surface area contributed by atoms with Crippen molar-refractivity contribution >= 4 is 5.91 Å². The van der Waals surface area contributed by atoms with Crippen molar-refractivity contribution in [1.82, 2.24) is 5.32 Å². The first kappa shape index (κ1) is 9.52. The van der Waals surface area contributed by atoms with Gasteiger partial charge in [-0.25, -0.2) is 0 Å². The van der Waals surface area contributed by atoms with E-state index >= 15 is 0 Å². The molecule has 0 aromatic rings. The zero-order valence-electron chi connectivity index (χ0n) is 7.55. The molecule has 0 heterocycles. The Morgan fingerprint density at radius 1 is 1.58 bits per heavy atom. The van der Waals surface area contributed by atoms with Crippen LogP contribution in [0.25, 0.3) is 0 Å². The molecule has 0 aromatic carbocycles. The number of aliphatic hydroxyl groups is 1. The van der Waals surface area contributed by atoms with Crippen molar-refractivity contribution in [3.63, 3.8) is 0 Å². The molecule has 0 radical (unpaired) electrons. The molecule has 1 fully saturated rings. The van der Waals surface area contributed by atoms with E-state index in [0.717, 1.165) is 19.3 Å². The van der Waals surface area contributed by atoms with Crippen molar-refractivity contribution in [2.24, 2.45) is 11.8 Å². The maximum absolute atomic E-state index is 11.3. The van der Waals surface area contributed by atoms with E-state index < -0.39 is 0 Å². The van der Waals surface area contributed by atoms with Crippen molar-refractivity contribution < 1.29 is 9.90 Å². The second kappa shape index (κ2) is 4.45. The van der Waals surface area contributed by atoms with Crippen LogP contribution < -0.4 is 5.32 Å². The quantitative estimate of drug-likeness (QED) is 0.648. The summed E-state index contributed by atoms with van der Waals surface area (Å²) in [4.78, 5) is 11.3. The van der Waals surface area contributed by atoms with Gasteiger partial charge in [0, 0.05) is 19.1 Å². The van der Waals surface area contributed by atoms with E-state index in [2.05, 4.69) is 5.32 Å². The number of amides is 1. The van der Waals surface area contributed by atoms with Crippen LogP contribution in [0.4, 0.5) is 0 Å². The predicted octanol–water partition coefficient (Wildman–Crippen LogP) is 0.531. The SMILES string of the molecule is CCNC(=O)C1CCC1CCO. The van der Waals surface area contributed by atoms with Gasteiger partial charge in [-0.1, -0.05) is 0 Å². The van der Waals surface area contributed by atoms with Gasteiger partial charge in [0.05, 0.1) is 0 Å². The lowest BCUT2D eigenvalue weighted by Crippen LogP contribution is -2.40. The number of hydrogen-bond acceptors (Lipinski definition) is 2. The minimum atomic E-state index is 0.169. The molecule has 0 saturated heterocycles. The zero-order chi connectivity index (χ0) is 8.97. The van der Waals surface area contributed by atoms with Crippen LogP contribution in [0.2, 0.25) is 0 Å². The van der Waals surface area contributed by atoms with Gasteiger partial charge in [0.1, 0.15) is 0 Å². The average molecular weight is 171 g/mol. The molecular weight excluding hydrogens is 154 g/mol. The summed E-state index contributed by atoms with van der Waals surface area (Å²) in [6.45, 7) is 2.85. The lowest BCUT2D eigenvalue weighted by molar-refractivity contribution is -0.130. The van der Waals surface area contributed by atoms with Gasteiger partial charge >= 0.3 is 0 Å². The summed E-state index contributed by atoms with van der Waals surface area (Å²) in [6, 6.07) is 0. The van der Waals surface area contributed by atoms with Gasteiger partial charge in [-0.2, -0.15) is 0 Å². The first-order valence-electron chi connectivity index (χ1n) is 4.68. The molecule has 0 spiro atoms. The van der Waals surface area contributed by atoms with E-state index in [1.54, 1.807) is 0 Å². The molecule has 0 bridgehead atoms. The van der Waals surface area contributed by atoms with Crippen molar-refractivity contribution in [3.05, 3.63) is 0 Å². The molecule has 70 valence electrons. The molecule has 1 aliphatic carbocycles. The Bertz CT molecular complexity index is 159. The fourth-order valence-electron chi connectivity index (χ4n) is 1.73. The van der Waals surface area contributed by atoms with Crippen molar-refractivity contribution in [1.29, 1.82) is 0 Å². The molecule has 0 aliphatic heterocycles. The van der Waals surface area contributed by atoms with Gasteiger partial charge in [-0.3, -0.25) is 4.79 Å². The summed E-state index contributed by atoms with van der Waals surface area (Å²) < 4.78 is 0. The third-order valence-corrected chi connectivity index (χ3v) is 2.61. The highest BCUT2D eigenvalue weighted by atomic mass is 16.3. The average Bonchev–Trinajstić information content (AvgIpc) is 1.98. The largest absolute Gasteiger partial charge is 0.396 e. The topological polar surface area (TPSA) is 49.3 Å². The third kappa shape index (κ3) is 1.97. The second-order valence-corrected chi connectivity index (χ2v) is 3.35. The van der Waals surface area contributed by atoms with Gasteiger partial charge in [0.2, 0.25) is 5.91 Å². The summed E-state index contributed by atoms with van der Waals surface area (Å²) in [5.74, 6) is 0.779. The molecule has 1 amide bonds. The molecule has 3 nitrogen and oxygen atoms in total. The van der Waals surface area contributed by atoms with Gasteiger partial charge in [0.15, 0.2) is 0 Å². The van der Waals surface area contributed by atoms with Crippen LogP contribution in [0.3, 0.4) is 0 Å². The van der Waals surface area contributed by atoms with Crippen molar-refractivity contribution in [3.8, 4) is 0 Å². The predicted molar refractivity (Wildman–Crippen MR) is 46.6 cm³/mol. The van der Waals surface area contributed by atoms with E-state index in [4.69, 9.17) is 5.11 Å². The fourth-order valence-corrected chi connectivity index (χ4v) is 1.73. The standard InChI is InChI=1S/C9H17NO2/c1-2-10-9(12)8-4-3-7(8)5-6-11/h7-8,11H,2-6H2,1H3,(H,10,12). The Kier molecular flexibility index (Phi) is 3.53. The monoisotopic (exact) mass is 171 g/mol. The molecular formula is C9H17NO2. The van der Waals surface area contributed by atoms with Crippen LogP contribution in [0, 0.1) is 11.8 Å². The van der Waals surface area contributed by atoms with Crippen LogP contribution in [-0.2, 0) is 4.79 Å². The Morgan fingerprint density at radius 2 is 2.33 bits per heavy atom. The fraction of sp³-hybridized carbons (Fsp3) is 0.889. The van der Waals surface area contributed by atoms with E-state index in [-0.39, 0.29) is 18.4 Å². The van der Waals surface area contributed by atoms with Crippen LogP contribution in [0.15, 0.2) is 0 Å². The number of aliphatic hydroxyl groups excluding tert-OH is 1. The molecule has 2 unspecified atom stereocenters. The van der Waals surface area contributed by atoms with E-state index in [1.165, 1.54) is 0 Å². The van der Waals surface area contributed by atoms with E-state index in [1.807, 2.05) is 6.92 Å². The molecule has 2 atom stereocenters. The molecule has 2 N–H and O–H groups in total. The smallest absolute Gasteiger partial charge is 0.223 e. The van der Waals surface area contributed by atoms with Crippen LogP contribution in [0.1, 0.15) is 26.2 Å². The normalized spacial score (nSPS) is 27.8. The highest BCUT2D eigenvalue weighted by Crippen LogP contribution is 2.36. The Morgan fingerprint density at radius 3 is 2.75 bits per heavy atom. The Hall–Kier alpha value is -0.570. The van der Waals surface area contributed by atoms with Crippen molar-refractivity contribution in [2.75, 3.05) is 13.2 Å². The van der Waals surface area contributed by atoms with Crippen LogP contribution >= 0.6 is 0 Å². The highest BCUT2D eigenvalue weighted by molar-refractivity contribution is 5.79. The lowest BCUT2D eigenvalue weighted by atomic mass is 9.71. The third-order valence-electron chi connectivity index (χ3n) is 2.61. The summed E-state index contributed by atoms with van der Waals surface area (Å²) in [6.07, 6.45) is 2.88. The van der Waals surface area contributed by atoms with E-state index in [0.29, 0.717) is 12.5 Å². The van der Waals surface area contributed by atoms with Crippen LogP contribution in [-0.4, -0.2) is 24.2 Å². The Labute approximate surface area is 73.2 Å². The lowest BCUT2D eigenvalue weighted by Gasteiger charge is -2.34. The van der Waals surface area contributed by atoms with Crippen molar-refractivity contribution in [2.45, 2.75) is 26.2 Å². The molecule has 3 heteroatoms. The molecule has 1 rings (SSSR count). The zero-order valence-corrected chi connectivity index (χ0v) is 7.55. The van der Waals surface area contributed by atoms with E-state index in [9.17, 15) is 4.79 Å². The number of rotatable bonds is 4. The number of carbonyl (C=O) groups is 1. The second-order valence-electron chi connectivity index (χ2n) is 3.35. The molecule has 1 aliphatic rings. The number of carbonyl (C=O) groups excluding carboxylic acids is 1. The minimum Gasteiger partial charge on any atom is -0.396 e. The molecule has 12 heavy (non-hydrogen) atoms.